The molecule has 2 atom stereocenters. The molecule has 0 aromatic heterocycles. The van der Waals surface area contributed by atoms with E-state index in [1.54, 1.807) is 12.1 Å². The molecule has 4 rings (SSSR count). The van der Waals surface area contributed by atoms with Crippen molar-refractivity contribution in [2.75, 3.05) is 26.2 Å². The highest BCUT2D eigenvalue weighted by atomic mass is 19.1. The van der Waals surface area contributed by atoms with Crippen LogP contribution in [0.1, 0.15) is 29.0 Å². The van der Waals surface area contributed by atoms with Crippen molar-refractivity contribution in [2.24, 2.45) is 5.92 Å². The average Bonchev–Trinajstić information content (AvgIpc) is 3.17. The molecule has 152 valence electrons. The molecule has 1 amide bonds. The lowest BCUT2D eigenvalue weighted by Gasteiger charge is -2.29. The van der Waals surface area contributed by atoms with Crippen LogP contribution in [0, 0.1) is 11.7 Å². The summed E-state index contributed by atoms with van der Waals surface area (Å²) in [5.74, 6) is -1.80. The quantitative estimate of drug-likeness (QED) is 0.844. The Labute approximate surface area is 169 Å². The number of carbonyl (C=O) groups is 2. The minimum atomic E-state index is -0.846. The minimum Gasteiger partial charge on any atom is -0.481 e. The fourth-order valence-electron chi connectivity index (χ4n) is 4.49. The first-order valence-electron chi connectivity index (χ1n) is 10.1. The van der Waals surface area contributed by atoms with Gasteiger partial charge in [0, 0.05) is 45.1 Å². The number of fused-ring (bicyclic) bond motifs is 1. The van der Waals surface area contributed by atoms with E-state index in [1.807, 2.05) is 21.9 Å². The molecule has 2 aliphatic rings. The molecule has 1 fully saturated rings. The molecule has 0 bridgehead atoms. The Kier molecular flexibility index (Phi) is 5.62. The average molecular weight is 396 g/mol. The summed E-state index contributed by atoms with van der Waals surface area (Å²) in [5.41, 5.74) is 3.35. The minimum absolute atomic E-state index is 0.108. The highest BCUT2D eigenvalue weighted by Crippen LogP contribution is 2.33. The summed E-state index contributed by atoms with van der Waals surface area (Å²) in [6, 6.07) is 14.3. The van der Waals surface area contributed by atoms with Crippen LogP contribution in [-0.2, 0) is 22.6 Å². The second-order valence-electron chi connectivity index (χ2n) is 7.95. The summed E-state index contributed by atoms with van der Waals surface area (Å²) < 4.78 is 13.2. The summed E-state index contributed by atoms with van der Waals surface area (Å²) in [4.78, 5) is 28.4. The van der Waals surface area contributed by atoms with Crippen molar-refractivity contribution in [3.8, 4) is 0 Å². The number of rotatable bonds is 5. The molecule has 0 aliphatic carbocycles. The molecule has 0 spiro atoms. The summed E-state index contributed by atoms with van der Waals surface area (Å²) in [5, 5.41) is 9.62. The van der Waals surface area contributed by atoms with Crippen molar-refractivity contribution in [2.45, 2.75) is 25.3 Å². The van der Waals surface area contributed by atoms with Crippen molar-refractivity contribution in [1.82, 2.24) is 9.80 Å². The maximum Gasteiger partial charge on any atom is 0.308 e. The number of carboxylic acids is 1. The second-order valence-corrected chi connectivity index (χ2v) is 7.95. The van der Waals surface area contributed by atoms with Gasteiger partial charge in [0.1, 0.15) is 5.82 Å². The van der Waals surface area contributed by atoms with Crippen LogP contribution in [0.15, 0.2) is 48.5 Å². The number of nitrogens with zero attached hydrogens (tertiary/aromatic N) is 2. The summed E-state index contributed by atoms with van der Waals surface area (Å²) in [7, 11) is 0. The Bertz CT molecular complexity index is 899. The van der Waals surface area contributed by atoms with Crippen LogP contribution in [0.5, 0.6) is 0 Å². The summed E-state index contributed by atoms with van der Waals surface area (Å²) in [6.45, 7) is 2.89. The highest BCUT2D eigenvalue weighted by Gasteiger charge is 2.38. The number of carbonyl (C=O) groups excluding carboxylic acids is 1. The molecule has 2 aromatic carbocycles. The third-order valence-corrected chi connectivity index (χ3v) is 6.14. The topological polar surface area (TPSA) is 60.9 Å². The molecule has 0 unspecified atom stereocenters. The highest BCUT2D eigenvalue weighted by molar-refractivity contribution is 5.77. The number of aliphatic carboxylic acids is 1. The first-order valence-corrected chi connectivity index (χ1v) is 10.1. The Hall–Kier alpha value is -2.73. The van der Waals surface area contributed by atoms with Gasteiger partial charge in [-0.25, -0.2) is 4.39 Å². The third-order valence-electron chi connectivity index (χ3n) is 6.14. The number of amides is 1. The number of carboxylic acid groups (broad SMARTS) is 1. The monoisotopic (exact) mass is 396 g/mol. The van der Waals surface area contributed by atoms with Crippen molar-refractivity contribution < 1.29 is 19.1 Å². The number of hydrogen-bond donors (Lipinski definition) is 1. The van der Waals surface area contributed by atoms with Gasteiger partial charge >= 0.3 is 5.97 Å². The molecule has 1 N–H and O–H groups in total. The molecule has 2 aromatic rings. The summed E-state index contributed by atoms with van der Waals surface area (Å²) >= 11 is 0. The van der Waals surface area contributed by atoms with E-state index in [1.165, 1.54) is 23.3 Å². The van der Waals surface area contributed by atoms with Crippen LogP contribution >= 0.6 is 0 Å². The van der Waals surface area contributed by atoms with Crippen LogP contribution in [0.25, 0.3) is 0 Å². The Balaban J connectivity index is 1.35. The molecule has 2 aliphatic heterocycles. The van der Waals surface area contributed by atoms with E-state index >= 15 is 0 Å². The lowest BCUT2D eigenvalue weighted by molar-refractivity contribution is -0.141. The zero-order chi connectivity index (χ0) is 20.4. The maximum absolute atomic E-state index is 13.2. The van der Waals surface area contributed by atoms with E-state index < -0.39 is 11.9 Å². The molecular formula is C23H25FN2O3. The van der Waals surface area contributed by atoms with Gasteiger partial charge in [-0.05, 0) is 35.2 Å². The second kappa shape index (κ2) is 8.33. The number of benzene rings is 2. The van der Waals surface area contributed by atoms with Crippen LogP contribution in [0.3, 0.4) is 0 Å². The van der Waals surface area contributed by atoms with E-state index in [4.69, 9.17) is 0 Å². The largest absolute Gasteiger partial charge is 0.481 e. The van der Waals surface area contributed by atoms with Crippen LogP contribution < -0.4 is 0 Å². The lowest BCUT2D eigenvalue weighted by Crippen LogP contribution is -2.37. The van der Waals surface area contributed by atoms with Gasteiger partial charge in [-0.3, -0.25) is 9.59 Å². The van der Waals surface area contributed by atoms with E-state index in [9.17, 15) is 19.1 Å². The van der Waals surface area contributed by atoms with Gasteiger partial charge in [0.05, 0.1) is 5.92 Å². The van der Waals surface area contributed by atoms with Crippen LogP contribution in [0.2, 0.25) is 0 Å². The Morgan fingerprint density at radius 3 is 2.48 bits per heavy atom. The van der Waals surface area contributed by atoms with Gasteiger partial charge in [-0.1, -0.05) is 36.4 Å². The van der Waals surface area contributed by atoms with Crippen LogP contribution in [-0.4, -0.2) is 53.0 Å². The number of likely N-dealkylation sites (tertiary alicyclic amines) is 1. The van der Waals surface area contributed by atoms with Gasteiger partial charge < -0.3 is 14.9 Å². The predicted octanol–water partition coefficient (Wildman–Crippen LogP) is 2.90. The number of halogens is 1. The number of hydrogen-bond acceptors (Lipinski definition) is 3. The normalized spacial score (nSPS) is 21.8. The fourth-order valence-corrected chi connectivity index (χ4v) is 4.49. The molecule has 29 heavy (non-hydrogen) atoms. The first kappa shape index (κ1) is 19.6. The smallest absolute Gasteiger partial charge is 0.308 e. The maximum atomic E-state index is 13.2. The van der Waals surface area contributed by atoms with E-state index in [-0.39, 0.29) is 17.6 Å². The predicted molar refractivity (Wildman–Crippen MR) is 107 cm³/mol. The van der Waals surface area contributed by atoms with Crippen molar-refractivity contribution >= 4 is 11.9 Å². The molecule has 0 radical (unpaired) electrons. The zero-order valence-electron chi connectivity index (χ0n) is 16.3. The van der Waals surface area contributed by atoms with Gasteiger partial charge in [-0.2, -0.15) is 0 Å². The molecular weight excluding hydrogens is 371 g/mol. The van der Waals surface area contributed by atoms with E-state index in [0.717, 1.165) is 18.5 Å². The summed E-state index contributed by atoms with van der Waals surface area (Å²) in [6.07, 6.45) is 1.25. The molecule has 6 heteroatoms. The third kappa shape index (κ3) is 4.32. The zero-order valence-corrected chi connectivity index (χ0v) is 16.3. The van der Waals surface area contributed by atoms with Gasteiger partial charge in [0.2, 0.25) is 5.91 Å². The van der Waals surface area contributed by atoms with Crippen LogP contribution in [0.4, 0.5) is 4.39 Å². The van der Waals surface area contributed by atoms with E-state index in [0.29, 0.717) is 32.6 Å². The molecule has 1 saturated heterocycles. The van der Waals surface area contributed by atoms with E-state index in [2.05, 4.69) is 12.1 Å². The van der Waals surface area contributed by atoms with Gasteiger partial charge in [-0.15, -0.1) is 0 Å². The lowest BCUT2D eigenvalue weighted by atomic mass is 9.89. The van der Waals surface area contributed by atoms with Crippen molar-refractivity contribution in [3.05, 3.63) is 71.0 Å². The SMILES string of the molecule is O=C(O)[C@@H]1CN(CCC(=O)N2CCc3ccccc3C2)C[C@H]1c1ccc(F)cc1. The van der Waals surface area contributed by atoms with Gasteiger partial charge in [0.15, 0.2) is 0 Å². The Morgan fingerprint density at radius 1 is 1.03 bits per heavy atom. The fraction of sp³-hybridized carbons (Fsp3) is 0.391. The van der Waals surface area contributed by atoms with Crippen molar-refractivity contribution in [3.63, 3.8) is 0 Å². The molecule has 5 nitrogen and oxygen atoms in total. The molecule has 2 heterocycles. The Morgan fingerprint density at radius 2 is 1.76 bits per heavy atom. The van der Waals surface area contributed by atoms with Crippen molar-refractivity contribution in [1.29, 1.82) is 0 Å². The molecule has 0 saturated carbocycles. The first-order chi connectivity index (χ1) is 14.0. The standard InChI is InChI=1S/C23H25FN2O3/c24-19-7-5-17(6-8-19)20-14-25(15-21(20)23(28)29)11-10-22(27)26-12-9-16-3-1-2-4-18(16)13-26/h1-8,20-21H,9-15H2,(H,28,29)/t20-,21+/m0/s1. The van der Waals surface area contributed by atoms with Gasteiger partial charge in [0.25, 0.3) is 0 Å².